The molecule has 25 heavy (non-hydrogen) atoms. The monoisotopic (exact) mass is 367 g/mol. The number of likely N-dealkylation sites (tertiary alicyclic amines) is 1. The van der Waals surface area contributed by atoms with Crippen molar-refractivity contribution in [1.29, 1.82) is 0 Å². The van der Waals surface area contributed by atoms with Gasteiger partial charge in [-0.25, -0.2) is 0 Å². The van der Waals surface area contributed by atoms with Crippen molar-refractivity contribution < 1.29 is 22.1 Å². The average Bonchev–Trinajstić information content (AvgIpc) is 2.60. The van der Waals surface area contributed by atoms with E-state index in [4.69, 9.17) is 8.92 Å². The molecule has 1 aromatic carbocycles. The van der Waals surface area contributed by atoms with Crippen molar-refractivity contribution in [2.75, 3.05) is 26.7 Å². The number of allylic oxidation sites excluding steroid dienone is 1. The molecular formula is C18H25NO5S. The molecule has 1 aliphatic rings. The fourth-order valence-corrected chi connectivity index (χ4v) is 3.55. The van der Waals surface area contributed by atoms with Crippen LogP contribution in [0.2, 0.25) is 0 Å². The second-order valence-electron chi connectivity index (χ2n) is 6.39. The van der Waals surface area contributed by atoms with Crippen LogP contribution in [0.25, 0.3) is 0 Å². The third-order valence-electron chi connectivity index (χ3n) is 4.22. The van der Waals surface area contributed by atoms with Gasteiger partial charge >= 0.3 is 16.1 Å². The van der Waals surface area contributed by atoms with E-state index in [1.807, 2.05) is 13.8 Å². The highest BCUT2D eigenvalue weighted by Crippen LogP contribution is 2.23. The molecular weight excluding hydrogens is 342 g/mol. The third-order valence-corrected chi connectivity index (χ3v) is 5.45. The fourth-order valence-electron chi connectivity index (χ4n) is 2.63. The Hall–Kier alpha value is -1.86. The number of rotatable bonds is 6. The van der Waals surface area contributed by atoms with Crippen molar-refractivity contribution in [2.24, 2.45) is 5.92 Å². The lowest BCUT2D eigenvalue weighted by Gasteiger charge is -2.29. The third kappa shape index (κ3) is 5.57. The highest BCUT2D eigenvalue weighted by molar-refractivity contribution is 7.87. The minimum atomic E-state index is -4.10. The summed E-state index contributed by atoms with van der Waals surface area (Å²) in [6.45, 7) is 6.47. The van der Waals surface area contributed by atoms with E-state index in [9.17, 15) is 13.2 Å². The summed E-state index contributed by atoms with van der Waals surface area (Å²) >= 11 is 0. The van der Waals surface area contributed by atoms with E-state index in [1.165, 1.54) is 36.9 Å². The Labute approximate surface area is 149 Å². The summed E-state index contributed by atoms with van der Waals surface area (Å²) in [5, 5.41) is 0. The van der Waals surface area contributed by atoms with E-state index in [1.54, 1.807) is 0 Å². The minimum Gasteiger partial charge on any atom is -0.497 e. The molecule has 7 heteroatoms. The van der Waals surface area contributed by atoms with Gasteiger partial charge in [0.2, 0.25) is 0 Å². The molecule has 0 spiro atoms. The van der Waals surface area contributed by atoms with Gasteiger partial charge in [0.15, 0.2) is 0 Å². The van der Waals surface area contributed by atoms with E-state index in [2.05, 4.69) is 11.0 Å². The molecule has 138 valence electrons. The van der Waals surface area contributed by atoms with Gasteiger partial charge in [-0.3, -0.25) is 9.69 Å². The van der Waals surface area contributed by atoms with Crippen molar-refractivity contribution >= 4 is 16.1 Å². The Kier molecular flexibility index (Phi) is 6.61. The van der Waals surface area contributed by atoms with Gasteiger partial charge in [-0.05, 0) is 64.0 Å². The summed E-state index contributed by atoms with van der Waals surface area (Å²) in [6, 6.07) is 5.76. The Morgan fingerprint density at radius 2 is 1.80 bits per heavy atom. The maximum absolute atomic E-state index is 12.2. The number of carbonyl (C=O) groups excluding carboxylic acids is 1. The van der Waals surface area contributed by atoms with Gasteiger partial charge in [0.25, 0.3) is 0 Å². The lowest BCUT2D eigenvalue weighted by molar-refractivity contribution is -0.139. The van der Waals surface area contributed by atoms with Gasteiger partial charge in [0.05, 0.1) is 13.0 Å². The summed E-state index contributed by atoms with van der Waals surface area (Å²) in [7, 11) is -2.60. The maximum atomic E-state index is 12.2. The molecule has 2 rings (SSSR count). The standard InChI is InChI=1S/C18H25NO5S/c1-14(2)8-11-19-12-9-15(10-13-19)18(20)24-25(21,22)17-6-4-16(23-3)5-7-17/h4-8,15H,9-13H2,1-3H3. The molecule has 6 nitrogen and oxygen atoms in total. The van der Waals surface area contributed by atoms with Crippen LogP contribution in [-0.2, 0) is 19.1 Å². The summed E-state index contributed by atoms with van der Waals surface area (Å²) in [5.41, 5.74) is 1.26. The van der Waals surface area contributed by atoms with E-state index in [0.717, 1.165) is 19.6 Å². The van der Waals surface area contributed by atoms with Gasteiger partial charge < -0.3 is 8.92 Å². The highest BCUT2D eigenvalue weighted by atomic mass is 32.2. The van der Waals surface area contributed by atoms with E-state index >= 15 is 0 Å². The number of benzene rings is 1. The molecule has 0 amide bonds. The molecule has 0 aromatic heterocycles. The first kappa shape index (κ1) is 19.5. The van der Waals surface area contributed by atoms with Gasteiger partial charge in [-0.15, -0.1) is 0 Å². The second kappa shape index (κ2) is 8.49. The SMILES string of the molecule is COc1ccc(S(=O)(=O)OC(=O)C2CCN(CC=C(C)C)CC2)cc1. The molecule has 1 heterocycles. The predicted molar refractivity (Wildman–Crippen MR) is 94.9 cm³/mol. The topological polar surface area (TPSA) is 72.9 Å². The molecule has 0 saturated carbocycles. The van der Waals surface area contributed by atoms with Crippen LogP contribution >= 0.6 is 0 Å². The van der Waals surface area contributed by atoms with Crippen LogP contribution in [0, 0.1) is 5.92 Å². The summed E-state index contributed by atoms with van der Waals surface area (Å²) in [5.74, 6) is -0.511. The first-order chi connectivity index (χ1) is 11.8. The first-order valence-electron chi connectivity index (χ1n) is 8.30. The van der Waals surface area contributed by atoms with E-state index in [-0.39, 0.29) is 10.8 Å². The van der Waals surface area contributed by atoms with Crippen molar-refractivity contribution in [1.82, 2.24) is 4.90 Å². The van der Waals surface area contributed by atoms with Gasteiger partial charge in [-0.1, -0.05) is 11.6 Å². The zero-order valence-corrected chi connectivity index (χ0v) is 15.7. The van der Waals surface area contributed by atoms with Crippen LogP contribution in [-0.4, -0.2) is 46.0 Å². The van der Waals surface area contributed by atoms with Crippen molar-refractivity contribution in [3.8, 4) is 5.75 Å². The quantitative estimate of drug-likeness (QED) is 0.568. The molecule has 0 bridgehead atoms. The molecule has 1 fully saturated rings. The zero-order chi connectivity index (χ0) is 18.4. The smallest absolute Gasteiger partial charge is 0.341 e. The number of nitrogens with zero attached hydrogens (tertiary/aromatic N) is 1. The normalized spacial score (nSPS) is 16.3. The number of carbonyl (C=O) groups is 1. The lowest BCUT2D eigenvalue weighted by Crippen LogP contribution is -2.37. The Morgan fingerprint density at radius 3 is 2.32 bits per heavy atom. The summed E-state index contributed by atoms with van der Waals surface area (Å²) in [6.07, 6.45) is 3.36. The Bertz CT molecular complexity index is 712. The zero-order valence-electron chi connectivity index (χ0n) is 14.9. The van der Waals surface area contributed by atoms with Crippen molar-refractivity contribution in [2.45, 2.75) is 31.6 Å². The average molecular weight is 367 g/mol. The number of hydrogen-bond acceptors (Lipinski definition) is 6. The minimum absolute atomic E-state index is 0.0531. The molecule has 1 aromatic rings. The molecule has 0 radical (unpaired) electrons. The lowest BCUT2D eigenvalue weighted by atomic mass is 9.97. The predicted octanol–water partition coefficient (Wildman–Crippen LogP) is 2.61. The van der Waals surface area contributed by atoms with E-state index in [0.29, 0.717) is 18.6 Å². The number of hydrogen-bond donors (Lipinski definition) is 0. The van der Waals surface area contributed by atoms with Crippen molar-refractivity contribution in [3.63, 3.8) is 0 Å². The number of ether oxygens (including phenoxy) is 1. The molecule has 1 saturated heterocycles. The maximum Gasteiger partial charge on any atom is 0.341 e. The molecule has 0 N–H and O–H groups in total. The molecule has 0 unspecified atom stereocenters. The van der Waals surface area contributed by atoms with Gasteiger partial charge in [0, 0.05) is 6.54 Å². The summed E-state index contributed by atoms with van der Waals surface area (Å²) in [4.78, 5) is 14.4. The van der Waals surface area contributed by atoms with E-state index < -0.39 is 16.1 Å². The number of piperidine rings is 1. The van der Waals surface area contributed by atoms with Crippen LogP contribution in [0.1, 0.15) is 26.7 Å². The Morgan fingerprint density at radius 1 is 1.20 bits per heavy atom. The Balaban J connectivity index is 1.92. The van der Waals surface area contributed by atoms with Crippen LogP contribution in [0.15, 0.2) is 40.8 Å². The fraction of sp³-hybridized carbons (Fsp3) is 0.500. The molecule has 0 atom stereocenters. The molecule has 0 aliphatic carbocycles. The van der Waals surface area contributed by atoms with Crippen LogP contribution in [0.4, 0.5) is 0 Å². The largest absolute Gasteiger partial charge is 0.497 e. The summed E-state index contributed by atoms with van der Waals surface area (Å²) < 4.78 is 34.3. The van der Waals surface area contributed by atoms with Crippen LogP contribution in [0.3, 0.4) is 0 Å². The van der Waals surface area contributed by atoms with Crippen molar-refractivity contribution in [3.05, 3.63) is 35.9 Å². The number of methoxy groups -OCH3 is 1. The van der Waals surface area contributed by atoms with Gasteiger partial charge in [-0.2, -0.15) is 8.42 Å². The highest BCUT2D eigenvalue weighted by Gasteiger charge is 2.30. The second-order valence-corrected chi connectivity index (χ2v) is 7.93. The first-order valence-corrected chi connectivity index (χ1v) is 9.71. The van der Waals surface area contributed by atoms with Crippen LogP contribution in [0.5, 0.6) is 5.75 Å². The van der Waals surface area contributed by atoms with Crippen LogP contribution < -0.4 is 4.74 Å². The molecule has 1 aliphatic heterocycles. The van der Waals surface area contributed by atoms with Gasteiger partial charge in [0.1, 0.15) is 10.6 Å².